The van der Waals surface area contributed by atoms with Crippen LogP contribution in [0.4, 0.5) is 5.82 Å². The van der Waals surface area contributed by atoms with E-state index in [1.54, 1.807) is 0 Å². The standard InChI is InChI=1S/C12H15ClN2O3/c13-10-6-8(12(17)18)7-11(14-10)15(4-5-16)9-2-1-3-9/h6-7,9,16H,1-5H2,(H,17,18). The second-order valence-corrected chi connectivity index (χ2v) is 4.73. The number of hydrogen-bond acceptors (Lipinski definition) is 4. The van der Waals surface area contributed by atoms with Gasteiger partial charge in [0.05, 0.1) is 12.2 Å². The summed E-state index contributed by atoms with van der Waals surface area (Å²) in [4.78, 5) is 17.1. The fourth-order valence-corrected chi connectivity index (χ4v) is 2.25. The Morgan fingerprint density at radius 1 is 1.50 bits per heavy atom. The van der Waals surface area contributed by atoms with Gasteiger partial charge in [-0.05, 0) is 31.4 Å². The van der Waals surface area contributed by atoms with Gasteiger partial charge < -0.3 is 15.1 Å². The molecule has 0 saturated heterocycles. The van der Waals surface area contributed by atoms with Crippen molar-refractivity contribution in [1.82, 2.24) is 4.98 Å². The van der Waals surface area contributed by atoms with Crippen LogP contribution in [0.15, 0.2) is 12.1 Å². The zero-order chi connectivity index (χ0) is 13.1. The van der Waals surface area contributed by atoms with E-state index in [1.165, 1.54) is 12.1 Å². The maximum atomic E-state index is 11.0. The first-order chi connectivity index (χ1) is 8.61. The second-order valence-electron chi connectivity index (χ2n) is 4.34. The smallest absolute Gasteiger partial charge is 0.335 e. The predicted molar refractivity (Wildman–Crippen MR) is 68.3 cm³/mol. The Labute approximate surface area is 110 Å². The highest BCUT2D eigenvalue weighted by atomic mass is 35.5. The number of pyridine rings is 1. The van der Waals surface area contributed by atoms with E-state index in [0.717, 1.165) is 19.3 Å². The molecule has 2 N–H and O–H groups in total. The topological polar surface area (TPSA) is 73.7 Å². The summed E-state index contributed by atoms with van der Waals surface area (Å²) in [5.41, 5.74) is 0.118. The van der Waals surface area contributed by atoms with Gasteiger partial charge >= 0.3 is 5.97 Å². The molecule has 1 heterocycles. The highest BCUT2D eigenvalue weighted by molar-refractivity contribution is 6.29. The lowest BCUT2D eigenvalue weighted by molar-refractivity contribution is 0.0696. The number of aliphatic hydroxyl groups excluding tert-OH is 1. The maximum Gasteiger partial charge on any atom is 0.335 e. The number of aromatic carboxylic acids is 1. The van der Waals surface area contributed by atoms with Crippen LogP contribution >= 0.6 is 11.6 Å². The molecule has 98 valence electrons. The highest BCUT2D eigenvalue weighted by Crippen LogP contribution is 2.29. The van der Waals surface area contributed by atoms with E-state index >= 15 is 0 Å². The first-order valence-electron chi connectivity index (χ1n) is 5.90. The van der Waals surface area contributed by atoms with Gasteiger partial charge in [-0.25, -0.2) is 9.78 Å². The lowest BCUT2D eigenvalue weighted by Gasteiger charge is -2.38. The summed E-state index contributed by atoms with van der Waals surface area (Å²) in [5, 5.41) is 18.3. The molecule has 0 atom stereocenters. The Kier molecular flexibility index (Phi) is 4.04. The van der Waals surface area contributed by atoms with Crippen LogP contribution < -0.4 is 4.90 Å². The van der Waals surface area contributed by atoms with E-state index in [9.17, 15) is 4.79 Å². The molecule has 1 aromatic heterocycles. The second kappa shape index (κ2) is 5.54. The van der Waals surface area contributed by atoms with Crippen LogP contribution in [0.2, 0.25) is 5.15 Å². The summed E-state index contributed by atoms with van der Waals surface area (Å²) in [5.74, 6) is -0.503. The summed E-state index contributed by atoms with van der Waals surface area (Å²) < 4.78 is 0. The number of rotatable bonds is 5. The van der Waals surface area contributed by atoms with Gasteiger partial charge in [0.1, 0.15) is 11.0 Å². The molecule has 1 aliphatic carbocycles. The van der Waals surface area contributed by atoms with Gasteiger partial charge in [-0.3, -0.25) is 0 Å². The maximum absolute atomic E-state index is 11.0. The van der Waals surface area contributed by atoms with E-state index in [0.29, 0.717) is 18.4 Å². The largest absolute Gasteiger partial charge is 0.478 e. The molecule has 0 spiro atoms. The summed E-state index contributed by atoms with van der Waals surface area (Å²) in [7, 11) is 0. The van der Waals surface area contributed by atoms with Crippen molar-refractivity contribution in [2.45, 2.75) is 25.3 Å². The molecule has 0 aliphatic heterocycles. The molecule has 6 heteroatoms. The molecule has 1 aliphatic rings. The normalized spacial score (nSPS) is 15.2. The first-order valence-corrected chi connectivity index (χ1v) is 6.28. The van der Waals surface area contributed by atoms with E-state index in [2.05, 4.69) is 4.98 Å². The third-order valence-corrected chi connectivity index (χ3v) is 3.37. The van der Waals surface area contributed by atoms with Crippen molar-refractivity contribution in [3.63, 3.8) is 0 Å². The molecule has 1 aromatic rings. The van der Waals surface area contributed by atoms with Crippen LogP contribution in [0.1, 0.15) is 29.6 Å². The van der Waals surface area contributed by atoms with Gasteiger partial charge in [0.25, 0.3) is 0 Å². The minimum Gasteiger partial charge on any atom is -0.478 e. The molecular weight excluding hydrogens is 256 g/mol. The third-order valence-electron chi connectivity index (χ3n) is 3.18. The molecule has 1 saturated carbocycles. The Morgan fingerprint density at radius 2 is 2.22 bits per heavy atom. The quantitative estimate of drug-likeness (QED) is 0.798. The molecule has 0 unspecified atom stereocenters. The van der Waals surface area contributed by atoms with Crippen molar-refractivity contribution in [3.05, 3.63) is 22.8 Å². The van der Waals surface area contributed by atoms with Gasteiger partial charge in [-0.2, -0.15) is 0 Å². The van der Waals surface area contributed by atoms with Gasteiger partial charge in [-0.15, -0.1) is 0 Å². The Balaban J connectivity index is 2.30. The van der Waals surface area contributed by atoms with Crippen molar-refractivity contribution < 1.29 is 15.0 Å². The monoisotopic (exact) mass is 270 g/mol. The SMILES string of the molecule is O=C(O)c1cc(Cl)nc(N(CCO)C2CCC2)c1. The van der Waals surface area contributed by atoms with Gasteiger partial charge in [0.2, 0.25) is 0 Å². The van der Waals surface area contributed by atoms with E-state index in [1.807, 2.05) is 4.90 Å². The highest BCUT2D eigenvalue weighted by Gasteiger charge is 2.26. The number of nitrogens with zero attached hydrogens (tertiary/aromatic N) is 2. The number of carboxylic acid groups (broad SMARTS) is 1. The molecule has 2 rings (SSSR count). The van der Waals surface area contributed by atoms with E-state index in [4.69, 9.17) is 21.8 Å². The van der Waals surface area contributed by atoms with E-state index in [-0.39, 0.29) is 17.3 Å². The van der Waals surface area contributed by atoms with Crippen LogP contribution in [0, 0.1) is 0 Å². The number of aromatic nitrogens is 1. The molecule has 18 heavy (non-hydrogen) atoms. The van der Waals surface area contributed by atoms with Crippen molar-refractivity contribution in [3.8, 4) is 0 Å². The predicted octanol–water partition coefficient (Wildman–Crippen LogP) is 1.78. The lowest BCUT2D eigenvalue weighted by Crippen LogP contribution is -2.42. The van der Waals surface area contributed by atoms with Crippen molar-refractivity contribution in [2.75, 3.05) is 18.1 Å². The molecule has 5 nitrogen and oxygen atoms in total. The lowest BCUT2D eigenvalue weighted by atomic mass is 9.91. The summed E-state index contributed by atoms with van der Waals surface area (Å²) in [6.07, 6.45) is 3.23. The first kappa shape index (κ1) is 13.1. The molecule has 1 fully saturated rings. The van der Waals surface area contributed by atoms with Crippen LogP contribution in [-0.2, 0) is 0 Å². The molecule has 0 bridgehead atoms. The molecule has 0 aromatic carbocycles. The molecular formula is C12H15ClN2O3. The van der Waals surface area contributed by atoms with Gasteiger partial charge in [0, 0.05) is 12.6 Å². The average molecular weight is 271 g/mol. The fourth-order valence-electron chi connectivity index (χ4n) is 2.04. The Bertz CT molecular complexity index is 449. The number of halogens is 1. The minimum absolute atomic E-state index is 0.00704. The van der Waals surface area contributed by atoms with Gasteiger partial charge in [0.15, 0.2) is 0 Å². The zero-order valence-electron chi connectivity index (χ0n) is 9.84. The molecule has 0 radical (unpaired) electrons. The van der Waals surface area contributed by atoms with Crippen molar-refractivity contribution in [2.24, 2.45) is 0 Å². The van der Waals surface area contributed by atoms with Crippen molar-refractivity contribution in [1.29, 1.82) is 0 Å². The summed E-state index contributed by atoms with van der Waals surface area (Å²) in [6, 6.07) is 3.15. The fraction of sp³-hybridized carbons (Fsp3) is 0.500. The minimum atomic E-state index is -1.03. The van der Waals surface area contributed by atoms with Crippen LogP contribution in [0.25, 0.3) is 0 Å². The number of anilines is 1. The Morgan fingerprint density at radius 3 is 2.72 bits per heavy atom. The van der Waals surface area contributed by atoms with Crippen LogP contribution in [0.3, 0.4) is 0 Å². The zero-order valence-corrected chi connectivity index (χ0v) is 10.6. The number of carboxylic acids is 1. The summed E-state index contributed by atoms with van der Waals surface area (Å²) in [6.45, 7) is 0.449. The average Bonchev–Trinajstić information content (AvgIpc) is 2.25. The Hall–Kier alpha value is -1.33. The third kappa shape index (κ3) is 2.73. The van der Waals surface area contributed by atoms with Crippen LogP contribution in [0.5, 0.6) is 0 Å². The number of hydrogen-bond donors (Lipinski definition) is 2. The number of aliphatic hydroxyl groups is 1. The molecule has 0 amide bonds. The van der Waals surface area contributed by atoms with Gasteiger partial charge in [-0.1, -0.05) is 11.6 Å². The number of carbonyl (C=O) groups is 1. The van der Waals surface area contributed by atoms with Crippen LogP contribution in [-0.4, -0.2) is 40.4 Å². The van der Waals surface area contributed by atoms with Crippen molar-refractivity contribution >= 4 is 23.4 Å². The van der Waals surface area contributed by atoms with E-state index < -0.39 is 5.97 Å². The summed E-state index contributed by atoms with van der Waals surface area (Å²) >= 11 is 5.84.